The number of ether oxygens (including phenoxy) is 2. The first-order valence-corrected chi connectivity index (χ1v) is 14.6. The molecule has 0 unspecified atom stereocenters. The Kier molecular flexibility index (Phi) is 7.58. The molecule has 1 N–H and O–H groups in total. The van der Waals surface area contributed by atoms with Gasteiger partial charge in [0.05, 0.1) is 29.4 Å². The van der Waals surface area contributed by atoms with Crippen molar-refractivity contribution in [3.63, 3.8) is 0 Å². The first kappa shape index (κ1) is 26.8. The number of nitrogens with one attached hydrogen (secondary N) is 1. The highest BCUT2D eigenvalue weighted by atomic mass is 32.2. The molecule has 5 rings (SSSR count). The summed E-state index contributed by atoms with van der Waals surface area (Å²) in [6.45, 7) is 8.95. The van der Waals surface area contributed by atoms with E-state index >= 15 is 0 Å². The zero-order chi connectivity index (χ0) is 27.0. The number of likely N-dealkylation sites (tertiary alicyclic amines) is 1. The zero-order valence-electron chi connectivity index (χ0n) is 22.4. The molecule has 0 spiro atoms. The van der Waals surface area contributed by atoms with Gasteiger partial charge in [0.25, 0.3) is 5.56 Å². The van der Waals surface area contributed by atoms with E-state index in [9.17, 15) is 13.2 Å². The molecule has 1 aromatic carbocycles. The number of aryl methyl sites for hydroxylation is 2. The normalized spacial score (nSPS) is 17.6. The number of sulfonamides is 1. The third kappa shape index (κ3) is 4.97. The number of H-pyrrole nitrogens is 1. The summed E-state index contributed by atoms with van der Waals surface area (Å²) in [5.74, 6) is 1.61. The molecule has 0 aliphatic carbocycles. The molecule has 2 fully saturated rings. The largest absolute Gasteiger partial charge is 0.493 e. The maximum Gasteiger partial charge on any atom is 0.277 e. The minimum absolute atomic E-state index is 0.154. The van der Waals surface area contributed by atoms with E-state index in [1.165, 1.54) is 4.31 Å². The Labute approximate surface area is 222 Å². The van der Waals surface area contributed by atoms with Gasteiger partial charge in [-0.25, -0.2) is 13.4 Å². The number of hydrogen-bond donors (Lipinski definition) is 1. The van der Waals surface area contributed by atoms with Crippen molar-refractivity contribution in [2.45, 2.75) is 31.6 Å². The number of hydrogen-bond acceptors (Lipinski definition) is 8. The Hall–Kier alpha value is -2.80. The number of nitrogens with zero attached hydrogens (tertiary/aromatic N) is 5. The average molecular weight is 545 g/mol. The van der Waals surface area contributed by atoms with Gasteiger partial charge in [-0.15, -0.1) is 0 Å². The van der Waals surface area contributed by atoms with E-state index in [4.69, 9.17) is 14.5 Å². The van der Waals surface area contributed by atoms with E-state index in [0.29, 0.717) is 60.3 Å². The van der Waals surface area contributed by atoms with Crippen LogP contribution in [-0.2, 0) is 28.2 Å². The predicted molar refractivity (Wildman–Crippen MR) is 144 cm³/mol. The predicted octanol–water partition coefficient (Wildman–Crippen LogP) is 1.87. The standard InChI is InChI=1S/C26H36N6O5S/c1-5-7-21-23-24(30(3)29-21)26(33)28-25(27-23)20-10-19(8-9-22(20)37-6-2)38(34,35)32-14-17(15-32)11-31-12-18(13-31)16-36-4/h8-10,17-18H,5-7,11-16H2,1-4H3,(H,27,28,33). The summed E-state index contributed by atoms with van der Waals surface area (Å²) in [7, 11) is -0.264. The van der Waals surface area contributed by atoms with Gasteiger partial charge in [-0.3, -0.25) is 9.48 Å². The molecule has 4 heterocycles. The number of aromatic nitrogens is 4. The van der Waals surface area contributed by atoms with Gasteiger partial charge in [-0.2, -0.15) is 9.40 Å². The smallest absolute Gasteiger partial charge is 0.277 e. The van der Waals surface area contributed by atoms with Crippen molar-refractivity contribution in [3.05, 3.63) is 34.2 Å². The molecule has 0 radical (unpaired) electrons. The zero-order valence-corrected chi connectivity index (χ0v) is 23.3. The molecular weight excluding hydrogens is 508 g/mol. The lowest BCUT2D eigenvalue weighted by Gasteiger charge is -2.45. The highest BCUT2D eigenvalue weighted by molar-refractivity contribution is 7.89. The van der Waals surface area contributed by atoms with Crippen LogP contribution in [0.2, 0.25) is 0 Å². The van der Waals surface area contributed by atoms with Crippen LogP contribution in [0, 0.1) is 11.8 Å². The van der Waals surface area contributed by atoms with E-state index in [-0.39, 0.29) is 16.3 Å². The van der Waals surface area contributed by atoms with Crippen molar-refractivity contribution in [2.75, 3.05) is 53.0 Å². The maximum absolute atomic E-state index is 13.5. The maximum atomic E-state index is 13.5. The monoisotopic (exact) mass is 544 g/mol. The molecule has 0 atom stereocenters. The van der Waals surface area contributed by atoms with Gasteiger partial charge in [0.1, 0.15) is 17.1 Å². The van der Waals surface area contributed by atoms with Crippen molar-refractivity contribution in [3.8, 4) is 17.1 Å². The van der Waals surface area contributed by atoms with Crippen molar-refractivity contribution in [2.24, 2.45) is 18.9 Å². The summed E-state index contributed by atoms with van der Waals surface area (Å²) < 4.78 is 41.0. The number of methoxy groups -OCH3 is 1. The first-order chi connectivity index (χ1) is 18.2. The molecular formula is C26H36N6O5S. The second kappa shape index (κ2) is 10.8. The molecule has 2 aromatic heterocycles. The Morgan fingerprint density at radius 1 is 1.13 bits per heavy atom. The number of aromatic amines is 1. The van der Waals surface area contributed by atoms with Crippen LogP contribution < -0.4 is 10.3 Å². The molecule has 2 saturated heterocycles. The minimum Gasteiger partial charge on any atom is -0.493 e. The van der Waals surface area contributed by atoms with Gasteiger partial charge in [-0.05, 0) is 37.5 Å². The topological polar surface area (TPSA) is 123 Å². The Morgan fingerprint density at radius 2 is 1.89 bits per heavy atom. The van der Waals surface area contributed by atoms with E-state index in [0.717, 1.165) is 38.4 Å². The Morgan fingerprint density at radius 3 is 2.58 bits per heavy atom. The number of fused-ring (bicyclic) bond motifs is 1. The van der Waals surface area contributed by atoms with E-state index in [2.05, 4.69) is 15.0 Å². The van der Waals surface area contributed by atoms with Crippen LogP contribution in [0.3, 0.4) is 0 Å². The van der Waals surface area contributed by atoms with Gasteiger partial charge in [0.2, 0.25) is 10.0 Å². The van der Waals surface area contributed by atoms with Crippen molar-refractivity contribution in [1.29, 1.82) is 0 Å². The molecule has 12 heteroatoms. The molecule has 0 amide bonds. The molecule has 0 saturated carbocycles. The van der Waals surface area contributed by atoms with Crippen molar-refractivity contribution < 1.29 is 17.9 Å². The van der Waals surface area contributed by atoms with Gasteiger partial charge < -0.3 is 19.4 Å². The van der Waals surface area contributed by atoms with Crippen molar-refractivity contribution >= 4 is 21.1 Å². The number of benzene rings is 1. The van der Waals surface area contributed by atoms with Crippen LogP contribution in [-0.4, -0.2) is 90.4 Å². The Balaban J connectivity index is 1.40. The third-order valence-electron chi connectivity index (χ3n) is 7.27. The summed E-state index contributed by atoms with van der Waals surface area (Å²) in [6.07, 6.45) is 1.54. The summed E-state index contributed by atoms with van der Waals surface area (Å²) in [5.41, 5.74) is 1.75. The molecule has 38 heavy (non-hydrogen) atoms. The Bertz CT molecular complexity index is 1470. The van der Waals surface area contributed by atoms with Crippen LogP contribution in [0.5, 0.6) is 5.75 Å². The number of rotatable bonds is 11. The SMILES string of the molecule is CCCc1nn(C)c2c(=O)[nH]c(-c3cc(S(=O)(=O)N4CC(CN5CC(COC)C5)C4)ccc3OCC)nc12. The molecule has 2 aliphatic heterocycles. The third-order valence-corrected chi connectivity index (χ3v) is 9.10. The van der Waals surface area contributed by atoms with Gasteiger partial charge >= 0.3 is 0 Å². The van der Waals surface area contributed by atoms with E-state index < -0.39 is 10.0 Å². The van der Waals surface area contributed by atoms with Crippen LogP contribution in [0.4, 0.5) is 0 Å². The molecule has 3 aromatic rings. The van der Waals surface area contributed by atoms with Gasteiger partial charge in [0, 0.05) is 52.8 Å². The highest BCUT2D eigenvalue weighted by Crippen LogP contribution is 2.34. The fourth-order valence-corrected chi connectivity index (χ4v) is 7.05. The minimum atomic E-state index is -3.70. The summed E-state index contributed by atoms with van der Waals surface area (Å²) in [5, 5.41) is 4.47. The van der Waals surface area contributed by atoms with Crippen LogP contribution in [0.25, 0.3) is 22.4 Å². The quantitative estimate of drug-likeness (QED) is 0.388. The van der Waals surface area contributed by atoms with Crippen LogP contribution in [0.1, 0.15) is 26.0 Å². The van der Waals surface area contributed by atoms with Crippen LogP contribution >= 0.6 is 0 Å². The second-order valence-electron chi connectivity index (χ2n) is 10.3. The summed E-state index contributed by atoms with van der Waals surface area (Å²) in [6, 6.07) is 4.75. The van der Waals surface area contributed by atoms with Gasteiger partial charge in [-0.1, -0.05) is 13.3 Å². The van der Waals surface area contributed by atoms with E-state index in [1.54, 1.807) is 37.0 Å². The fourth-order valence-electron chi connectivity index (χ4n) is 5.43. The van der Waals surface area contributed by atoms with Crippen LogP contribution in [0.15, 0.2) is 27.9 Å². The summed E-state index contributed by atoms with van der Waals surface area (Å²) >= 11 is 0. The molecule has 206 valence electrons. The lowest BCUT2D eigenvalue weighted by molar-refractivity contribution is 0.0103. The van der Waals surface area contributed by atoms with E-state index in [1.807, 2.05) is 13.8 Å². The first-order valence-electron chi connectivity index (χ1n) is 13.2. The summed E-state index contributed by atoms with van der Waals surface area (Å²) in [4.78, 5) is 23.1. The lowest BCUT2D eigenvalue weighted by Crippen LogP contribution is -2.57. The van der Waals surface area contributed by atoms with Crippen molar-refractivity contribution in [1.82, 2.24) is 29.0 Å². The lowest BCUT2D eigenvalue weighted by atomic mass is 9.96. The molecule has 11 nitrogen and oxygen atoms in total. The second-order valence-corrected chi connectivity index (χ2v) is 12.2. The molecule has 2 aliphatic rings. The fraction of sp³-hybridized carbons (Fsp3) is 0.577. The van der Waals surface area contributed by atoms with Gasteiger partial charge in [0.15, 0.2) is 5.52 Å². The average Bonchev–Trinajstić information content (AvgIpc) is 3.15. The highest BCUT2D eigenvalue weighted by Gasteiger charge is 2.39. The molecule has 0 bridgehead atoms.